The highest BCUT2D eigenvalue weighted by Crippen LogP contribution is 2.22. The Labute approximate surface area is 187 Å². The summed E-state index contributed by atoms with van der Waals surface area (Å²) in [6.45, 7) is 7.57. The van der Waals surface area contributed by atoms with E-state index in [-0.39, 0.29) is 12.5 Å². The highest BCUT2D eigenvalue weighted by atomic mass is 35.5. The first-order chi connectivity index (χ1) is 14.8. The molecule has 0 aliphatic carbocycles. The second kappa shape index (κ2) is 9.79. The van der Waals surface area contributed by atoms with Crippen molar-refractivity contribution < 1.29 is 14.3 Å². The van der Waals surface area contributed by atoms with E-state index in [2.05, 4.69) is 10.4 Å². The largest absolute Gasteiger partial charge is 0.452 e. The zero-order chi connectivity index (χ0) is 22.5. The van der Waals surface area contributed by atoms with E-state index in [4.69, 9.17) is 16.3 Å². The molecule has 3 aromatic rings. The van der Waals surface area contributed by atoms with Crippen LogP contribution < -0.4 is 5.32 Å². The lowest BCUT2D eigenvalue weighted by Gasteiger charge is -2.13. The molecule has 0 radical (unpaired) electrons. The molecule has 1 N–H and O–H groups in total. The highest BCUT2D eigenvalue weighted by molar-refractivity contribution is 6.31. The molecule has 0 unspecified atom stereocenters. The van der Waals surface area contributed by atoms with Crippen molar-refractivity contribution in [1.82, 2.24) is 9.78 Å². The summed E-state index contributed by atoms with van der Waals surface area (Å²) in [6.07, 6.45) is 0.792. The smallest absolute Gasteiger partial charge is 0.342 e. The van der Waals surface area contributed by atoms with Gasteiger partial charge in [0.2, 0.25) is 0 Å². The fraction of sp³-hybridized carbons (Fsp3) is 0.292. The zero-order valence-corrected chi connectivity index (χ0v) is 18.9. The van der Waals surface area contributed by atoms with Crippen molar-refractivity contribution >= 4 is 29.2 Å². The van der Waals surface area contributed by atoms with E-state index in [1.54, 1.807) is 18.5 Å². The highest BCUT2D eigenvalue weighted by Gasteiger charge is 2.21. The molecule has 1 aromatic heterocycles. The van der Waals surface area contributed by atoms with E-state index in [0.29, 0.717) is 28.5 Å². The number of benzene rings is 2. The van der Waals surface area contributed by atoms with Crippen LogP contribution in [0.3, 0.4) is 0 Å². The summed E-state index contributed by atoms with van der Waals surface area (Å²) in [7, 11) is 0. The van der Waals surface area contributed by atoms with Gasteiger partial charge in [-0.2, -0.15) is 5.10 Å². The Bertz CT molecular complexity index is 1120. The molecule has 162 valence electrons. The number of anilines is 1. The Morgan fingerprint density at radius 3 is 2.48 bits per heavy atom. The maximum Gasteiger partial charge on any atom is 0.342 e. The molecule has 2 aromatic carbocycles. The number of nitrogens with zero attached hydrogens (tertiary/aromatic N) is 2. The first-order valence-electron chi connectivity index (χ1n) is 10.1. The summed E-state index contributed by atoms with van der Waals surface area (Å²) in [5, 5.41) is 7.95. The van der Waals surface area contributed by atoms with Crippen LogP contribution >= 0.6 is 11.6 Å². The van der Waals surface area contributed by atoms with E-state index in [9.17, 15) is 9.59 Å². The average Bonchev–Trinajstić information content (AvgIpc) is 3.02. The average molecular weight is 440 g/mol. The number of rotatable bonds is 7. The number of hydrogen-bond donors (Lipinski definition) is 1. The van der Waals surface area contributed by atoms with Crippen LogP contribution in [-0.2, 0) is 22.5 Å². The second-order valence-electron chi connectivity index (χ2n) is 7.38. The molecule has 0 saturated carbocycles. The van der Waals surface area contributed by atoms with Crippen LogP contribution in [0, 0.1) is 20.8 Å². The molecule has 0 aliphatic rings. The minimum atomic E-state index is -0.573. The number of para-hydroxylation sites is 1. The van der Waals surface area contributed by atoms with E-state index >= 15 is 0 Å². The minimum Gasteiger partial charge on any atom is -0.452 e. The van der Waals surface area contributed by atoms with E-state index in [0.717, 1.165) is 28.8 Å². The number of halogens is 1. The molecule has 1 heterocycles. The van der Waals surface area contributed by atoms with Gasteiger partial charge in [-0.1, -0.05) is 54.9 Å². The lowest BCUT2D eigenvalue weighted by Crippen LogP contribution is -2.22. The van der Waals surface area contributed by atoms with Crippen molar-refractivity contribution in [2.24, 2.45) is 0 Å². The van der Waals surface area contributed by atoms with E-state index < -0.39 is 5.97 Å². The Morgan fingerprint density at radius 2 is 1.77 bits per heavy atom. The molecular formula is C24H26ClN3O3. The Kier molecular flexibility index (Phi) is 7.13. The zero-order valence-electron chi connectivity index (χ0n) is 18.2. The molecule has 7 heteroatoms. The van der Waals surface area contributed by atoms with Crippen molar-refractivity contribution in [3.05, 3.63) is 81.1 Å². The SMILES string of the molecule is CCc1cccc(C)c1NC(=O)COC(=O)c1c(C)nn(Cc2ccccc2Cl)c1C. The quantitative estimate of drug-likeness (QED) is 0.533. The first-order valence-corrected chi connectivity index (χ1v) is 10.5. The van der Waals surface area contributed by atoms with Gasteiger partial charge < -0.3 is 10.1 Å². The summed E-state index contributed by atoms with van der Waals surface area (Å²) < 4.78 is 7.01. The van der Waals surface area contributed by atoms with Gasteiger partial charge in [0.05, 0.1) is 17.9 Å². The van der Waals surface area contributed by atoms with Gasteiger partial charge in [0.15, 0.2) is 6.61 Å². The molecule has 6 nitrogen and oxygen atoms in total. The fourth-order valence-electron chi connectivity index (χ4n) is 3.52. The monoisotopic (exact) mass is 439 g/mol. The van der Waals surface area contributed by atoms with Crippen LogP contribution in [0.15, 0.2) is 42.5 Å². The van der Waals surface area contributed by atoms with Crippen molar-refractivity contribution in [1.29, 1.82) is 0 Å². The number of carbonyl (C=O) groups is 2. The number of ether oxygens (including phenoxy) is 1. The standard InChI is InChI=1S/C24H26ClN3O3/c1-5-18-11-8-9-15(2)23(18)26-21(29)14-31-24(30)22-16(3)27-28(17(22)4)13-19-10-6-7-12-20(19)25/h6-12H,5,13-14H2,1-4H3,(H,26,29). The Hall–Kier alpha value is -3.12. The van der Waals surface area contributed by atoms with Crippen LogP contribution in [0.25, 0.3) is 0 Å². The topological polar surface area (TPSA) is 73.2 Å². The third-order valence-corrected chi connectivity index (χ3v) is 5.57. The van der Waals surface area contributed by atoms with Gasteiger partial charge in [-0.15, -0.1) is 0 Å². The summed E-state index contributed by atoms with van der Waals surface area (Å²) >= 11 is 6.24. The summed E-state index contributed by atoms with van der Waals surface area (Å²) in [6, 6.07) is 13.3. The molecule has 0 fully saturated rings. The normalized spacial score (nSPS) is 10.7. The van der Waals surface area contributed by atoms with E-state index in [1.165, 1.54) is 0 Å². The van der Waals surface area contributed by atoms with Crippen molar-refractivity contribution in [3.63, 3.8) is 0 Å². The van der Waals surface area contributed by atoms with E-state index in [1.807, 2.05) is 56.3 Å². The number of nitrogens with one attached hydrogen (secondary N) is 1. The summed E-state index contributed by atoms with van der Waals surface area (Å²) in [5.41, 5.74) is 5.24. The molecule has 0 saturated heterocycles. The van der Waals surface area contributed by atoms with Crippen molar-refractivity contribution in [3.8, 4) is 0 Å². The maximum atomic E-state index is 12.7. The van der Waals surface area contributed by atoms with Gasteiger partial charge >= 0.3 is 5.97 Å². The van der Waals surface area contributed by atoms with Crippen LogP contribution in [-0.4, -0.2) is 28.3 Å². The molecule has 0 aliphatic heterocycles. The van der Waals surface area contributed by atoms with Crippen LogP contribution in [0.5, 0.6) is 0 Å². The third-order valence-electron chi connectivity index (χ3n) is 5.20. The van der Waals surface area contributed by atoms with Gasteiger partial charge in [-0.3, -0.25) is 9.48 Å². The Morgan fingerprint density at radius 1 is 1.06 bits per heavy atom. The molecule has 0 bridgehead atoms. The Balaban J connectivity index is 1.68. The predicted octanol–water partition coefficient (Wildman–Crippen LogP) is 4.87. The number of carbonyl (C=O) groups excluding carboxylic acids is 2. The van der Waals surface area contributed by atoms with Crippen molar-refractivity contribution in [2.75, 3.05) is 11.9 Å². The number of amides is 1. The second-order valence-corrected chi connectivity index (χ2v) is 7.79. The third kappa shape index (κ3) is 5.14. The van der Waals surface area contributed by atoms with Gasteiger partial charge in [0.1, 0.15) is 5.56 Å². The number of aromatic nitrogens is 2. The first kappa shape index (κ1) is 22.6. The summed E-state index contributed by atoms with van der Waals surface area (Å²) in [5.74, 6) is -0.952. The lowest BCUT2D eigenvalue weighted by atomic mass is 10.1. The van der Waals surface area contributed by atoms with Crippen LogP contribution in [0.2, 0.25) is 5.02 Å². The maximum absolute atomic E-state index is 12.7. The van der Waals surface area contributed by atoms with Crippen molar-refractivity contribution in [2.45, 2.75) is 40.7 Å². The molecule has 31 heavy (non-hydrogen) atoms. The summed E-state index contributed by atoms with van der Waals surface area (Å²) in [4.78, 5) is 25.1. The van der Waals surface area contributed by atoms with Crippen LogP contribution in [0.1, 0.15) is 45.4 Å². The van der Waals surface area contributed by atoms with Gasteiger partial charge in [0, 0.05) is 10.7 Å². The number of aryl methyl sites for hydroxylation is 3. The van der Waals surface area contributed by atoms with Gasteiger partial charge in [0.25, 0.3) is 5.91 Å². The molecule has 1 amide bonds. The predicted molar refractivity (Wildman–Crippen MR) is 122 cm³/mol. The minimum absolute atomic E-state index is 0.366. The van der Waals surface area contributed by atoms with Gasteiger partial charge in [-0.05, 0) is 49.9 Å². The molecule has 3 rings (SSSR count). The lowest BCUT2D eigenvalue weighted by molar-refractivity contribution is -0.119. The molecular weight excluding hydrogens is 414 g/mol. The number of esters is 1. The fourth-order valence-corrected chi connectivity index (χ4v) is 3.71. The number of hydrogen-bond acceptors (Lipinski definition) is 4. The molecule has 0 atom stereocenters. The van der Waals surface area contributed by atoms with Crippen LogP contribution in [0.4, 0.5) is 5.69 Å². The van der Waals surface area contributed by atoms with Gasteiger partial charge in [-0.25, -0.2) is 4.79 Å². The molecule has 0 spiro atoms.